The summed E-state index contributed by atoms with van der Waals surface area (Å²) in [5.74, 6) is 1.80. The maximum Gasteiger partial charge on any atom is 0.303 e. The van der Waals surface area contributed by atoms with Crippen LogP contribution >= 0.6 is 0 Å². The molecule has 0 aliphatic rings. The minimum absolute atomic E-state index is 0.336. The lowest BCUT2D eigenvalue weighted by atomic mass is 9.85. The molecule has 0 aliphatic carbocycles. The molecule has 0 saturated heterocycles. The second-order valence-corrected chi connectivity index (χ2v) is 8.09. The van der Waals surface area contributed by atoms with Gasteiger partial charge in [-0.3, -0.25) is 4.79 Å². The van der Waals surface area contributed by atoms with Gasteiger partial charge < -0.3 is 5.11 Å². The van der Waals surface area contributed by atoms with Gasteiger partial charge in [-0.2, -0.15) is 0 Å². The number of hydrogen-bond donors (Lipinski definition) is 1. The van der Waals surface area contributed by atoms with Gasteiger partial charge in [-0.25, -0.2) is 0 Å². The topological polar surface area (TPSA) is 37.3 Å². The van der Waals surface area contributed by atoms with Gasteiger partial charge in [-0.15, -0.1) is 0 Å². The van der Waals surface area contributed by atoms with Crippen LogP contribution in [0.5, 0.6) is 0 Å². The zero-order chi connectivity index (χ0) is 17.5. The second kappa shape index (κ2) is 15.0. The van der Waals surface area contributed by atoms with Gasteiger partial charge in [0.15, 0.2) is 0 Å². The van der Waals surface area contributed by atoms with Crippen LogP contribution < -0.4 is 0 Å². The highest BCUT2D eigenvalue weighted by molar-refractivity contribution is 5.66. The molecule has 0 spiro atoms. The third-order valence-corrected chi connectivity index (χ3v) is 5.01. The highest BCUT2D eigenvalue weighted by Crippen LogP contribution is 2.25. The molecule has 0 rings (SSSR count). The van der Waals surface area contributed by atoms with Crippen molar-refractivity contribution in [2.75, 3.05) is 0 Å². The highest BCUT2D eigenvalue weighted by atomic mass is 16.4. The maximum atomic E-state index is 10.5. The lowest BCUT2D eigenvalue weighted by molar-refractivity contribution is -0.137. The summed E-state index contributed by atoms with van der Waals surface area (Å²) in [5.41, 5.74) is 0. The van der Waals surface area contributed by atoms with Gasteiger partial charge >= 0.3 is 5.97 Å². The van der Waals surface area contributed by atoms with Gasteiger partial charge in [0, 0.05) is 6.42 Å². The zero-order valence-electron chi connectivity index (χ0n) is 16.3. The Morgan fingerprint density at radius 1 is 0.696 bits per heavy atom. The Balaban J connectivity index is 3.55. The quantitative estimate of drug-likeness (QED) is 0.308. The number of aliphatic carboxylic acids is 1. The van der Waals surface area contributed by atoms with Crippen molar-refractivity contribution < 1.29 is 9.90 Å². The molecule has 0 aromatic heterocycles. The summed E-state index contributed by atoms with van der Waals surface area (Å²) < 4.78 is 0. The van der Waals surface area contributed by atoms with E-state index in [0.29, 0.717) is 6.42 Å². The van der Waals surface area contributed by atoms with E-state index in [1.807, 2.05) is 0 Å². The zero-order valence-corrected chi connectivity index (χ0v) is 16.3. The van der Waals surface area contributed by atoms with E-state index < -0.39 is 5.97 Å². The second-order valence-electron chi connectivity index (χ2n) is 8.09. The molecule has 0 bridgehead atoms. The Hall–Kier alpha value is -0.530. The monoisotopic (exact) mass is 326 g/mol. The Morgan fingerprint density at radius 3 is 1.57 bits per heavy atom. The average Bonchev–Trinajstić information content (AvgIpc) is 2.46. The largest absolute Gasteiger partial charge is 0.481 e. The molecule has 0 aliphatic heterocycles. The van der Waals surface area contributed by atoms with Crippen molar-refractivity contribution in [3.05, 3.63) is 0 Å². The number of rotatable bonds is 16. The van der Waals surface area contributed by atoms with Gasteiger partial charge in [-0.05, 0) is 24.2 Å². The van der Waals surface area contributed by atoms with Crippen LogP contribution in [0.25, 0.3) is 0 Å². The average molecular weight is 327 g/mol. The van der Waals surface area contributed by atoms with Crippen LogP contribution in [-0.4, -0.2) is 11.1 Å². The summed E-state index contributed by atoms with van der Waals surface area (Å²) in [6.45, 7) is 9.31. The van der Waals surface area contributed by atoms with Gasteiger partial charge in [0.05, 0.1) is 0 Å². The molecular formula is C21H42O2. The van der Waals surface area contributed by atoms with Crippen LogP contribution in [0.15, 0.2) is 0 Å². The predicted molar refractivity (Wildman–Crippen MR) is 101 cm³/mol. The van der Waals surface area contributed by atoms with Gasteiger partial charge in [0.2, 0.25) is 0 Å². The molecule has 0 fully saturated rings. The molecule has 138 valence electrons. The Bertz CT molecular complexity index is 271. The van der Waals surface area contributed by atoms with Crippen LogP contribution in [0.3, 0.4) is 0 Å². The summed E-state index contributed by atoms with van der Waals surface area (Å²) in [5, 5.41) is 8.66. The molecule has 0 radical (unpaired) electrons. The van der Waals surface area contributed by atoms with Crippen LogP contribution in [0, 0.1) is 17.8 Å². The van der Waals surface area contributed by atoms with Crippen molar-refractivity contribution in [2.24, 2.45) is 17.8 Å². The predicted octanol–water partition coefficient (Wildman–Crippen LogP) is 7.07. The van der Waals surface area contributed by atoms with E-state index in [4.69, 9.17) is 5.11 Å². The first-order valence-electron chi connectivity index (χ1n) is 10.1. The molecule has 0 amide bonds. The SMILES string of the molecule is CC(C)CCCCCCCCC(CCCCCC(=O)O)C(C)C. The number of unbranched alkanes of at least 4 members (excludes halogenated alkanes) is 7. The lowest BCUT2D eigenvalue weighted by Gasteiger charge is -2.20. The van der Waals surface area contributed by atoms with E-state index in [2.05, 4.69) is 27.7 Å². The van der Waals surface area contributed by atoms with Crippen molar-refractivity contribution in [1.29, 1.82) is 0 Å². The smallest absolute Gasteiger partial charge is 0.303 e. The Labute approximate surface area is 145 Å². The molecule has 0 aromatic rings. The first kappa shape index (κ1) is 22.5. The Morgan fingerprint density at radius 2 is 1.13 bits per heavy atom. The molecule has 0 aromatic carbocycles. The normalized spacial score (nSPS) is 13.0. The lowest BCUT2D eigenvalue weighted by Crippen LogP contribution is -2.09. The van der Waals surface area contributed by atoms with Crippen molar-refractivity contribution in [2.45, 2.75) is 111 Å². The number of carboxylic acid groups (broad SMARTS) is 1. The van der Waals surface area contributed by atoms with E-state index in [1.54, 1.807) is 0 Å². The van der Waals surface area contributed by atoms with Gasteiger partial charge in [-0.1, -0.05) is 98.3 Å². The van der Waals surface area contributed by atoms with Crippen molar-refractivity contribution in [3.63, 3.8) is 0 Å². The Kier molecular flexibility index (Phi) is 14.7. The number of carboxylic acids is 1. The summed E-state index contributed by atoms with van der Waals surface area (Å²) in [4.78, 5) is 10.5. The van der Waals surface area contributed by atoms with Crippen LogP contribution in [-0.2, 0) is 4.79 Å². The molecular weight excluding hydrogens is 284 g/mol. The van der Waals surface area contributed by atoms with Crippen LogP contribution in [0.4, 0.5) is 0 Å². The van der Waals surface area contributed by atoms with E-state index in [0.717, 1.165) is 30.6 Å². The molecule has 1 atom stereocenters. The summed E-state index contributed by atoms with van der Waals surface area (Å²) in [6, 6.07) is 0. The van der Waals surface area contributed by atoms with Crippen LogP contribution in [0.1, 0.15) is 111 Å². The molecule has 2 heteroatoms. The van der Waals surface area contributed by atoms with Crippen LogP contribution in [0.2, 0.25) is 0 Å². The third-order valence-electron chi connectivity index (χ3n) is 5.01. The molecule has 1 unspecified atom stereocenters. The highest BCUT2D eigenvalue weighted by Gasteiger charge is 2.12. The number of hydrogen-bond acceptors (Lipinski definition) is 1. The number of carbonyl (C=O) groups is 1. The van der Waals surface area contributed by atoms with Crippen molar-refractivity contribution in [3.8, 4) is 0 Å². The molecule has 1 N–H and O–H groups in total. The molecule has 23 heavy (non-hydrogen) atoms. The third kappa shape index (κ3) is 16.1. The van der Waals surface area contributed by atoms with Crippen molar-refractivity contribution >= 4 is 5.97 Å². The van der Waals surface area contributed by atoms with E-state index in [9.17, 15) is 4.79 Å². The standard InChI is InChI=1S/C21H42O2/c1-18(2)14-10-7-5-6-8-11-15-20(19(3)4)16-12-9-13-17-21(22)23/h18-20H,5-17H2,1-4H3,(H,22,23). The van der Waals surface area contributed by atoms with Gasteiger partial charge in [0.25, 0.3) is 0 Å². The summed E-state index contributed by atoms with van der Waals surface area (Å²) in [7, 11) is 0. The van der Waals surface area contributed by atoms with E-state index in [-0.39, 0.29) is 0 Å². The van der Waals surface area contributed by atoms with Crippen molar-refractivity contribution in [1.82, 2.24) is 0 Å². The molecule has 0 heterocycles. The fourth-order valence-electron chi connectivity index (χ4n) is 3.34. The minimum atomic E-state index is -0.654. The summed E-state index contributed by atoms with van der Waals surface area (Å²) in [6.07, 6.45) is 15.9. The van der Waals surface area contributed by atoms with E-state index in [1.165, 1.54) is 64.2 Å². The molecule has 2 nitrogen and oxygen atoms in total. The minimum Gasteiger partial charge on any atom is -0.481 e. The first-order chi connectivity index (χ1) is 10.9. The molecule has 0 saturated carbocycles. The fraction of sp³-hybridized carbons (Fsp3) is 0.952. The maximum absolute atomic E-state index is 10.5. The first-order valence-corrected chi connectivity index (χ1v) is 10.1. The van der Waals surface area contributed by atoms with Gasteiger partial charge in [0.1, 0.15) is 0 Å². The summed E-state index contributed by atoms with van der Waals surface area (Å²) >= 11 is 0. The van der Waals surface area contributed by atoms with E-state index >= 15 is 0 Å². The fourth-order valence-corrected chi connectivity index (χ4v) is 3.34.